The van der Waals surface area contributed by atoms with E-state index in [1.807, 2.05) is 32.0 Å². The minimum Gasteiger partial charge on any atom is -0.507 e. The number of amides is 1. The predicted molar refractivity (Wildman–Crippen MR) is 134 cm³/mol. The Hall–Kier alpha value is -3.31. The molecule has 1 N–H and O–H groups in total. The first-order valence-corrected chi connectivity index (χ1v) is 11.5. The lowest BCUT2D eigenvalue weighted by Gasteiger charge is -2.24. The lowest BCUT2D eigenvalue weighted by atomic mass is 9.84. The monoisotopic (exact) mass is 477 g/mol. The summed E-state index contributed by atoms with van der Waals surface area (Å²) in [7, 11) is 0. The van der Waals surface area contributed by atoms with Gasteiger partial charge >= 0.3 is 0 Å². The second-order valence-corrected chi connectivity index (χ2v) is 10.2. The first-order chi connectivity index (χ1) is 15.9. The molecule has 2 heterocycles. The van der Waals surface area contributed by atoms with E-state index in [4.69, 9.17) is 16.0 Å². The Morgan fingerprint density at radius 2 is 1.65 bits per heavy atom. The number of benzene rings is 2. The van der Waals surface area contributed by atoms with E-state index in [0.717, 1.165) is 16.7 Å². The Kier molecular flexibility index (Phi) is 5.94. The van der Waals surface area contributed by atoms with Crippen molar-refractivity contribution >= 4 is 34.7 Å². The molecule has 0 aliphatic carbocycles. The number of carbonyl (C=O) groups is 2. The summed E-state index contributed by atoms with van der Waals surface area (Å²) in [5, 5.41) is 12.0. The topological polar surface area (TPSA) is 70.8 Å². The van der Waals surface area contributed by atoms with Crippen LogP contribution in [-0.2, 0) is 15.0 Å². The first-order valence-electron chi connectivity index (χ1n) is 11.1. The summed E-state index contributed by atoms with van der Waals surface area (Å²) in [5.74, 6) is -0.714. The van der Waals surface area contributed by atoms with Crippen LogP contribution in [0.25, 0.3) is 5.76 Å². The van der Waals surface area contributed by atoms with Crippen molar-refractivity contribution in [2.75, 3.05) is 4.90 Å². The number of furan rings is 1. The van der Waals surface area contributed by atoms with E-state index in [2.05, 4.69) is 20.8 Å². The van der Waals surface area contributed by atoms with Crippen molar-refractivity contribution in [3.63, 3.8) is 0 Å². The lowest BCUT2D eigenvalue weighted by molar-refractivity contribution is -0.132. The maximum atomic E-state index is 13.4. The van der Waals surface area contributed by atoms with Crippen LogP contribution in [0.1, 0.15) is 60.6 Å². The van der Waals surface area contributed by atoms with Crippen molar-refractivity contribution in [3.05, 3.63) is 92.9 Å². The van der Waals surface area contributed by atoms with E-state index in [9.17, 15) is 14.7 Å². The highest BCUT2D eigenvalue weighted by atomic mass is 35.5. The number of aliphatic hydroxyl groups excluding tert-OH is 1. The van der Waals surface area contributed by atoms with Gasteiger partial charge in [0.05, 0.1) is 5.57 Å². The Morgan fingerprint density at radius 1 is 0.971 bits per heavy atom. The summed E-state index contributed by atoms with van der Waals surface area (Å²) in [6.07, 6.45) is 0. The molecule has 1 amide bonds. The van der Waals surface area contributed by atoms with Gasteiger partial charge in [-0.2, -0.15) is 0 Å². The highest BCUT2D eigenvalue weighted by Crippen LogP contribution is 2.44. The third-order valence-corrected chi connectivity index (χ3v) is 6.67. The number of hydrogen-bond acceptors (Lipinski definition) is 4. The van der Waals surface area contributed by atoms with Gasteiger partial charge in [0.15, 0.2) is 0 Å². The minimum absolute atomic E-state index is 0.00907. The second kappa shape index (κ2) is 8.48. The van der Waals surface area contributed by atoms with E-state index in [0.29, 0.717) is 27.8 Å². The molecule has 0 spiro atoms. The Labute approximate surface area is 204 Å². The van der Waals surface area contributed by atoms with Crippen LogP contribution in [0.5, 0.6) is 0 Å². The van der Waals surface area contributed by atoms with Crippen LogP contribution in [0.15, 0.2) is 58.5 Å². The van der Waals surface area contributed by atoms with Crippen LogP contribution < -0.4 is 4.90 Å². The molecule has 5 nitrogen and oxygen atoms in total. The molecule has 1 saturated heterocycles. The molecule has 1 fully saturated rings. The molecular formula is C28H28ClNO4. The summed E-state index contributed by atoms with van der Waals surface area (Å²) in [5.41, 5.74) is 3.45. The number of Topliss-reactive ketones (excluding diaryl/α,β-unsaturated/α-hetero) is 1. The fourth-order valence-corrected chi connectivity index (χ4v) is 4.36. The van der Waals surface area contributed by atoms with Gasteiger partial charge in [0, 0.05) is 16.3 Å². The molecule has 0 saturated carbocycles. The molecule has 34 heavy (non-hydrogen) atoms. The van der Waals surface area contributed by atoms with Crippen LogP contribution in [0.2, 0.25) is 5.02 Å². The molecule has 4 rings (SSSR count). The largest absolute Gasteiger partial charge is 0.507 e. The lowest BCUT2D eigenvalue weighted by Crippen LogP contribution is -2.29. The highest BCUT2D eigenvalue weighted by molar-refractivity contribution is 6.51. The van der Waals surface area contributed by atoms with Gasteiger partial charge in [-0.15, -0.1) is 0 Å². The van der Waals surface area contributed by atoms with Crippen molar-refractivity contribution in [1.82, 2.24) is 0 Å². The van der Waals surface area contributed by atoms with E-state index < -0.39 is 17.7 Å². The Balaban J connectivity index is 1.97. The zero-order valence-electron chi connectivity index (χ0n) is 20.2. The van der Waals surface area contributed by atoms with Crippen LogP contribution in [-0.4, -0.2) is 16.8 Å². The third kappa shape index (κ3) is 4.05. The predicted octanol–water partition coefficient (Wildman–Crippen LogP) is 6.78. The molecule has 1 aromatic heterocycles. The van der Waals surface area contributed by atoms with Gasteiger partial charge in [0.2, 0.25) is 0 Å². The van der Waals surface area contributed by atoms with Gasteiger partial charge in [0.25, 0.3) is 11.7 Å². The highest BCUT2D eigenvalue weighted by Gasteiger charge is 2.48. The zero-order valence-corrected chi connectivity index (χ0v) is 20.9. The summed E-state index contributed by atoms with van der Waals surface area (Å²) in [4.78, 5) is 28.0. The average Bonchev–Trinajstić information content (AvgIpc) is 3.30. The number of carbonyl (C=O) groups excluding carboxylic acids is 2. The Morgan fingerprint density at radius 3 is 2.24 bits per heavy atom. The van der Waals surface area contributed by atoms with Crippen molar-refractivity contribution in [2.45, 2.75) is 53.0 Å². The van der Waals surface area contributed by atoms with E-state index >= 15 is 0 Å². The van der Waals surface area contributed by atoms with Gasteiger partial charge in [-0.25, -0.2) is 0 Å². The maximum absolute atomic E-state index is 13.4. The fourth-order valence-electron chi connectivity index (χ4n) is 4.19. The zero-order chi connectivity index (χ0) is 24.9. The fraction of sp³-hybridized carbons (Fsp3) is 0.286. The molecule has 1 unspecified atom stereocenters. The molecule has 6 heteroatoms. The number of aryl methyl sites for hydroxylation is 3. The second-order valence-electron chi connectivity index (χ2n) is 9.83. The molecule has 1 atom stereocenters. The molecular weight excluding hydrogens is 450 g/mol. The smallest absolute Gasteiger partial charge is 0.300 e. The number of hydrogen-bond donors (Lipinski definition) is 1. The first kappa shape index (κ1) is 23.8. The molecule has 176 valence electrons. The minimum atomic E-state index is -0.926. The van der Waals surface area contributed by atoms with Gasteiger partial charge in [-0.1, -0.05) is 50.6 Å². The van der Waals surface area contributed by atoms with Crippen molar-refractivity contribution in [2.24, 2.45) is 0 Å². The van der Waals surface area contributed by atoms with Crippen LogP contribution >= 0.6 is 11.6 Å². The van der Waals surface area contributed by atoms with Gasteiger partial charge in [-0.3, -0.25) is 14.5 Å². The molecule has 1 aliphatic heterocycles. The summed E-state index contributed by atoms with van der Waals surface area (Å²) in [6.45, 7) is 11.7. The molecule has 1 aliphatic rings. The van der Waals surface area contributed by atoms with Crippen LogP contribution in [0, 0.1) is 20.8 Å². The number of aliphatic hydroxyl groups is 1. The number of anilines is 1. The van der Waals surface area contributed by atoms with Crippen LogP contribution in [0.4, 0.5) is 5.69 Å². The number of ketones is 1. The summed E-state index contributed by atoms with van der Waals surface area (Å²) >= 11 is 6.34. The molecule has 0 bridgehead atoms. The van der Waals surface area contributed by atoms with Crippen molar-refractivity contribution < 1.29 is 19.1 Å². The Bertz CT molecular complexity index is 1340. The quantitative estimate of drug-likeness (QED) is 0.256. The third-order valence-electron chi connectivity index (χ3n) is 6.27. The van der Waals surface area contributed by atoms with E-state index in [-0.39, 0.29) is 16.7 Å². The number of halogens is 1. The van der Waals surface area contributed by atoms with Gasteiger partial charge in [0.1, 0.15) is 23.3 Å². The standard InChI is InChI=1S/C28H28ClNO4/c1-15-7-10-18(28(4,5)6)13-20(15)25(31)23-24(22-12-9-17(3)34-22)30(27(33)26(23)32)19-11-8-16(2)21(29)14-19/h7-14,24,31H,1-6H3/b25-23+. The number of nitrogens with zero attached hydrogens (tertiary/aromatic N) is 1. The van der Waals surface area contributed by atoms with Crippen molar-refractivity contribution in [1.29, 1.82) is 0 Å². The van der Waals surface area contributed by atoms with E-state index in [1.54, 1.807) is 37.3 Å². The van der Waals surface area contributed by atoms with Crippen molar-refractivity contribution in [3.8, 4) is 0 Å². The maximum Gasteiger partial charge on any atom is 0.300 e. The summed E-state index contributed by atoms with van der Waals surface area (Å²) in [6, 6.07) is 13.5. The van der Waals surface area contributed by atoms with Gasteiger partial charge in [-0.05, 0) is 73.2 Å². The molecule has 0 radical (unpaired) electrons. The molecule has 3 aromatic rings. The van der Waals surface area contributed by atoms with Gasteiger partial charge < -0.3 is 9.52 Å². The van der Waals surface area contributed by atoms with Crippen LogP contribution in [0.3, 0.4) is 0 Å². The number of rotatable bonds is 3. The normalized spacial score (nSPS) is 18.1. The summed E-state index contributed by atoms with van der Waals surface area (Å²) < 4.78 is 5.87. The SMILES string of the molecule is Cc1ccc(C2/C(=C(\O)c3cc(C(C)(C)C)ccc3C)C(=O)C(=O)N2c2ccc(C)c(Cl)c2)o1. The molecule has 2 aromatic carbocycles. The average molecular weight is 478 g/mol. The van der Waals surface area contributed by atoms with E-state index in [1.165, 1.54) is 4.90 Å².